The topological polar surface area (TPSA) is 85.4 Å². The minimum Gasteiger partial charge on any atom is -0.478 e. The van der Waals surface area contributed by atoms with Crippen LogP contribution in [0.15, 0.2) is 60.7 Å². The zero-order chi connectivity index (χ0) is 17.8. The van der Waals surface area contributed by atoms with E-state index in [2.05, 4.69) is 4.98 Å². The van der Waals surface area contributed by atoms with Crippen molar-refractivity contribution in [3.8, 4) is 11.5 Å². The van der Waals surface area contributed by atoms with E-state index in [9.17, 15) is 9.90 Å². The van der Waals surface area contributed by atoms with Crippen LogP contribution in [0.2, 0.25) is 0 Å². The summed E-state index contributed by atoms with van der Waals surface area (Å²) < 4.78 is 5.76. The first kappa shape index (κ1) is 16.5. The van der Waals surface area contributed by atoms with Crippen LogP contribution in [0.3, 0.4) is 0 Å². The average Bonchev–Trinajstić information content (AvgIpc) is 2.56. The summed E-state index contributed by atoms with van der Waals surface area (Å²) in [5.74, 6) is 0.468. The summed E-state index contributed by atoms with van der Waals surface area (Å²) in [5.41, 5.74) is 8.15. The first-order valence-corrected chi connectivity index (χ1v) is 7.84. The van der Waals surface area contributed by atoms with E-state index >= 15 is 0 Å². The van der Waals surface area contributed by atoms with Crippen molar-refractivity contribution in [1.82, 2.24) is 4.98 Å². The minimum absolute atomic E-state index is 0.0477. The second kappa shape index (κ2) is 7.05. The van der Waals surface area contributed by atoms with Gasteiger partial charge < -0.3 is 15.6 Å². The molecule has 0 saturated carbocycles. The molecule has 0 amide bonds. The van der Waals surface area contributed by atoms with Gasteiger partial charge in [0.2, 0.25) is 0 Å². The first-order chi connectivity index (χ1) is 12.0. The Balaban J connectivity index is 1.81. The van der Waals surface area contributed by atoms with Gasteiger partial charge in [0.05, 0.1) is 0 Å². The first-order valence-electron chi connectivity index (χ1n) is 7.84. The molecule has 5 heteroatoms. The second-order valence-electron chi connectivity index (χ2n) is 5.72. The van der Waals surface area contributed by atoms with Crippen molar-refractivity contribution in [3.63, 3.8) is 0 Å². The predicted molar refractivity (Wildman–Crippen MR) is 96.1 cm³/mol. The van der Waals surface area contributed by atoms with Crippen LogP contribution in [0.1, 0.15) is 27.2 Å². The third-order valence-electron chi connectivity index (χ3n) is 3.77. The van der Waals surface area contributed by atoms with Crippen molar-refractivity contribution in [2.45, 2.75) is 13.3 Å². The Morgan fingerprint density at radius 1 is 1.08 bits per heavy atom. The third-order valence-corrected chi connectivity index (χ3v) is 3.77. The smallest absolute Gasteiger partial charge is 0.339 e. The van der Waals surface area contributed by atoms with Crippen LogP contribution in [0, 0.1) is 6.92 Å². The van der Waals surface area contributed by atoms with Crippen LogP contribution >= 0.6 is 0 Å². The van der Waals surface area contributed by atoms with Crippen LogP contribution in [0.5, 0.6) is 11.5 Å². The van der Waals surface area contributed by atoms with Gasteiger partial charge in [-0.3, -0.25) is 0 Å². The van der Waals surface area contributed by atoms with Gasteiger partial charge in [0.15, 0.2) is 0 Å². The largest absolute Gasteiger partial charge is 0.478 e. The summed E-state index contributed by atoms with van der Waals surface area (Å²) in [5, 5.41) is 9.38. The molecule has 1 aromatic heterocycles. The zero-order valence-electron chi connectivity index (χ0n) is 13.8. The molecule has 0 fully saturated rings. The molecule has 1 heterocycles. The molecule has 3 aromatic rings. The molecule has 3 rings (SSSR count). The van der Waals surface area contributed by atoms with Gasteiger partial charge >= 0.3 is 5.97 Å². The molecule has 25 heavy (non-hydrogen) atoms. The van der Waals surface area contributed by atoms with Crippen LogP contribution in [0.4, 0.5) is 5.82 Å². The number of nitrogen functional groups attached to an aromatic ring is 1. The molecular weight excluding hydrogens is 316 g/mol. The van der Waals surface area contributed by atoms with Crippen molar-refractivity contribution >= 4 is 11.8 Å². The molecule has 0 saturated heterocycles. The molecule has 0 aliphatic heterocycles. The third kappa shape index (κ3) is 3.95. The summed E-state index contributed by atoms with van der Waals surface area (Å²) in [7, 11) is 0. The number of benzene rings is 2. The highest BCUT2D eigenvalue weighted by atomic mass is 16.5. The normalized spacial score (nSPS) is 10.4. The number of pyridine rings is 1. The summed E-state index contributed by atoms with van der Waals surface area (Å²) in [6.45, 7) is 1.79. The average molecular weight is 334 g/mol. The number of hydrogen-bond acceptors (Lipinski definition) is 4. The van der Waals surface area contributed by atoms with Gasteiger partial charge in [-0.25, -0.2) is 9.78 Å². The number of rotatable bonds is 5. The highest BCUT2D eigenvalue weighted by molar-refractivity contribution is 5.94. The summed E-state index contributed by atoms with van der Waals surface area (Å²) in [4.78, 5) is 15.5. The molecule has 3 N–H and O–H groups in total. The molecule has 2 aromatic carbocycles. The molecule has 126 valence electrons. The highest BCUT2D eigenvalue weighted by Gasteiger charge is 2.16. The van der Waals surface area contributed by atoms with Crippen molar-refractivity contribution in [2.24, 2.45) is 0 Å². The number of ether oxygens (including phenoxy) is 1. The van der Waals surface area contributed by atoms with Crippen molar-refractivity contribution in [2.75, 3.05) is 5.73 Å². The molecule has 0 spiro atoms. The van der Waals surface area contributed by atoms with Crippen molar-refractivity contribution in [1.29, 1.82) is 0 Å². The number of nitrogens with zero attached hydrogens (tertiary/aromatic N) is 1. The van der Waals surface area contributed by atoms with Crippen LogP contribution in [-0.4, -0.2) is 16.1 Å². The highest BCUT2D eigenvalue weighted by Crippen LogP contribution is 2.24. The Bertz CT molecular complexity index is 891. The molecule has 0 aliphatic rings. The Labute approximate surface area is 145 Å². The van der Waals surface area contributed by atoms with E-state index in [-0.39, 0.29) is 11.4 Å². The number of anilines is 1. The van der Waals surface area contributed by atoms with Gasteiger partial charge in [-0.05, 0) is 54.8 Å². The predicted octanol–water partition coefficient (Wildman–Crippen LogP) is 4.05. The number of hydrogen-bond donors (Lipinski definition) is 2. The molecule has 0 unspecified atom stereocenters. The molecule has 0 radical (unpaired) electrons. The Hall–Kier alpha value is -3.34. The molecule has 0 atom stereocenters. The standard InChI is InChI=1S/C20H18N2O3/c1-13-11-15(18(20(23)24)19(21)22-13)12-14-7-9-17(10-8-14)25-16-5-3-2-4-6-16/h2-11H,12H2,1H3,(H2,21,22)(H,23,24). The van der Waals surface area contributed by atoms with Crippen molar-refractivity contribution < 1.29 is 14.6 Å². The quantitative estimate of drug-likeness (QED) is 0.735. The number of carboxylic acids is 1. The molecule has 0 aliphatic carbocycles. The van der Waals surface area contributed by atoms with E-state index in [1.807, 2.05) is 54.6 Å². The van der Waals surface area contributed by atoms with Gasteiger partial charge in [0, 0.05) is 5.69 Å². The number of aromatic carboxylic acids is 1. The Kier molecular flexibility index (Phi) is 4.66. The van der Waals surface area contributed by atoms with Crippen LogP contribution in [0.25, 0.3) is 0 Å². The minimum atomic E-state index is -1.07. The summed E-state index contributed by atoms with van der Waals surface area (Å²) in [6, 6.07) is 18.8. The fourth-order valence-corrected chi connectivity index (χ4v) is 2.67. The number of aryl methyl sites for hydroxylation is 1. The van der Waals surface area contributed by atoms with Gasteiger partial charge in [-0.15, -0.1) is 0 Å². The number of carboxylic acid groups (broad SMARTS) is 1. The van der Waals surface area contributed by atoms with E-state index in [1.54, 1.807) is 13.0 Å². The fraction of sp³-hybridized carbons (Fsp3) is 0.100. The van der Waals surface area contributed by atoms with E-state index < -0.39 is 5.97 Å². The molecule has 5 nitrogen and oxygen atoms in total. The number of carbonyl (C=O) groups is 1. The SMILES string of the molecule is Cc1cc(Cc2ccc(Oc3ccccc3)cc2)c(C(=O)O)c(N)n1. The number of para-hydroxylation sites is 1. The van der Waals surface area contributed by atoms with Crippen molar-refractivity contribution in [3.05, 3.63) is 83.0 Å². The lowest BCUT2D eigenvalue weighted by Gasteiger charge is -2.11. The van der Waals surface area contributed by atoms with E-state index in [0.29, 0.717) is 17.7 Å². The molecular formula is C20H18N2O3. The summed E-state index contributed by atoms with van der Waals surface area (Å²) >= 11 is 0. The van der Waals surface area contributed by atoms with E-state index in [0.717, 1.165) is 17.1 Å². The van der Waals surface area contributed by atoms with Gasteiger partial charge in [0.1, 0.15) is 22.9 Å². The lowest BCUT2D eigenvalue weighted by molar-refractivity contribution is 0.0696. The zero-order valence-corrected chi connectivity index (χ0v) is 13.8. The summed E-state index contributed by atoms with van der Waals surface area (Å²) in [6.07, 6.45) is 0.459. The lowest BCUT2D eigenvalue weighted by Crippen LogP contribution is -2.10. The van der Waals surface area contributed by atoms with Gasteiger partial charge in [-0.1, -0.05) is 30.3 Å². The van der Waals surface area contributed by atoms with E-state index in [1.165, 1.54) is 0 Å². The Morgan fingerprint density at radius 3 is 2.36 bits per heavy atom. The van der Waals surface area contributed by atoms with E-state index in [4.69, 9.17) is 10.5 Å². The van der Waals surface area contributed by atoms with Crippen LogP contribution < -0.4 is 10.5 Å². The monoisotopic (exact) mass is 334 g/mol. The Morgan fingerprint density at radius 2 is 1.72 bits per heavy atom. The van der Waals surface area contributed by atoms with Gasteiger partial charge in [0.25, 0.3) is 0 Å². The fourth-order valence-electron chi connectivity index (χ4n) is 2.67. The van der Waals surface area contributed by atoms with Crippen LogP contribution in [-0.2, 0) is 6.42 Å². The van der Waals surface area contributed by atoms with Gasteiger partial charge in [-0.2, -0.15) is 0 Å². The maximum atomic E-state index is 11.5. The second-order valence-corrected chi connectivity index (χ2v) is 5.72. The lowest BCUT2D eigenvalue weighted by atomic mass is 10.00. The molecule has 0 bridgehead atoms. The number of nitrogens with two attached hydrogens (primary N) is 1. The maximum Gasteiger partial charge on any atom is 0.339 e. The maximum absolute atomic E-state index is 11.5. The number of aromatic nitrogens is 1.